The first-order valence-corrected chi connectivity index (χ1v) is 7.31. The van der Waals surface area contributed by atoms with Gasteiger partial charge in [0.15, 0.2) is 0 Å². The summed E-state index contributed by atoms with van der Waals surface area (Å²) >= 11 is 11.8. The normalized spacial score (nSPS) is 18.4. The van der Waals surface area contributed by atoms with Gasteiger partial charge in [0.05, 0.1) is 16.0 Å². The number of benzene rings is 1. The molecule has 2 rings (SSSR count). The summed E-state index contributed by atoms with van der Waals surface area (Å²) in [5.41, 5.74) is 0.676. The van der Waals surface area contributed by atoms with Crippen LogP contribution in [0.3, 0.4) is 0 Å². The Labute approximate surface area is 128 Å². The molecule has 4 nitrogen and oxygen atoms in total. The highest BCUT2D eigenvalue weighted by Gasteiger charge is 2.35. The molecule has 1 aliphatic heterocycles. The molecule has 1 atom stereocenters. The van der Waals surface area contributed by atoms with Gasteiger partial charge in [-0.2, -0.15) is 0 Å². The molecule has 1 aliphatic rings. The van der Waals surface area contributed by atoms with Crippen molar-refractivity contribution in [1.29, 1.82) is 0 Å². The number of rotatable bonds is 4. The predicted molar refractivity (Wildman–Crippen MR) is 80.2 cm³/mol. The van der Waals surface area contributed by atoms with Gasteiger partial charge < -0.3 is 10.2 Å². The van der Waals surface area contributed by atoms with Gasteiger partial charge in [-0.25, -0.2) is 0 Å². The van der Waals surface area contributed by atoms with E-state index in [1.807, 2.05) is 6.92 Å². The van der Waals surface area contributed by atoms with E-state index in [2.05, 4.69) is 5.32 Å². The summed E-state index contributed by atoms with van der Waals surface area (Å²) in [6.07, 6.45) is 1.11. The molecular formula is C14H16Cl2N2O2. The molecule has 0 unspecified atom stereocenters. The molecule has 1 saturated heterocycles. The molecular weight excluding hydrogens is 299 g/mol. The molecule has 2 amide bonds. The summed E-state index contributed by atoms with van der Waals surface area (Å²) in [7, 11) is 0. The van der Waals surface area contributed by atoms with E-state index < -0.39 is 0 Å². The number of hydrogen-bond donors (Lipinski definition) is 1. The third kappa shape index (κ3) is 3.25. The largest absolute Gasteiger partial charge is 0.356 e. The van der Waals surface area contributed by atoms with Gasteiger partial charge in [-0.05, 0) is 24.6 Å². The average Bonchev–Trinajstić information content (AvgIpc) is 2.81. The Hall–Kier alpha value is -1.26. The van der Waals surface area contributed by atoms with Crippen molar-refractivity contribution in [3.63, 3.8) is 0 Å². The van der Waals surface area contributed by atoms with E-state index in [4.69, 9.17) is 23.2 Å². The van der Waals surface area contributed by atoms with E-state index in [9.17, 15) is 9.59 Å². The molecule has 0 bridgehead atoms. The van der Waals surface area contributed by atoms with Crippen molar-refractivity contribution in [1.82, 2.24) is 5.32 Å². The van der Waals surface area contributed by atoms with Crippen LogP contribution in [0.15, 0.2) is 18.2 Å². The molecule has 1 aromatic rings. The van der Waals surface area contributed by atoms with E-state index in [0.717, 1.165) is 6.42 Å². The van der Waals surface area contributed by atoms with Crippen LogP contribution in [0, 0.1) is 5.92 Å². The zero-order chi connectivity index (χ0) is 14.7. The predicted octanol–water partition coefficient (Wildman–Crippen LogP) is 2.87. The second kappa shape index (κ2) is 6.46. The van der Waals surface area contributed by atoms with Gasteiger partial charge in [-0.3, -0.25) is 9.59 Å². The van der Waals surface area contributed by atoms with Crippen molar-refractivity contribution in [2.45, 2.75) is 19.8 Å². The van der Waals surface area contributed by atoms with Crippen LogP contribution in [0.5, 0.6) is 0 Å². The zero-order valence-corrected chi connectivity index (χ0v) is 12.7. The third-order valence-electron chi connectivity index (χ3n) is 3.26. The Morgan fingerprint density at radius 2 is 2.15 bits per heavy atom. The van der Waals surface area contributed by atoms with Crippen LogP contribution < -0.4 is 10.2 Å². The molecule has 20 heavy (non-hydrogen) atoms. The second-order valence-corrected chi connectivity index (χ2v) is 5.61. The van der Waals surface area contributed by atoms with Crippen molar-refractivity contribution >= 4 is 40.7 Å². The topological polar surface area (TPSA) is 49.4 Å². The number of nitrogens with one attached hydrogen (secondary N) is 1. The van der Waals surface area contributed by atoms with Crippen molar-refractivity contribution in [2.24, 2.45) is 5.92 Å². The van der Waals surface area contributed by atoms with Crippen LogP contribution in [0.4, 0.5) is 5.69 Å². The molecule has 0 aromatic heterocycles. The van der Waals surface area contributed by atoms with Crippen LogP contribution in [0.2, 0.25) is 10.0 Å². The molecule has 1 fully saturated rings. The van der Waals surface area contributed by atoms with Crippen LogP contribution in [-0.4, -0.2) is 24.9 Å². The third-order valence-corrected chi connectivity index (χ3v) is 4.00. The molecule has 6 heteroatoms. The van der Waals surface area contributed by atoms with Crippen molar-refractivity contribution in [2.75, 3.05) is 18.0 Å². The minimum absolute atomic E-state index is 0.0669. The Kier molecular flexibility index (Phi) is 4.89. The number of amides is 2. The highest BCUT2D eigenvalue weighted by atomic mass is 35.5. The Bertz CT molecular complexity index is 534. The number of hydrogen-bond acceptors (Lipinski definition) is 2. The fourth-order valence-electron chi connectivity index (χ4n) is 2.18. The minimum atomic E-state index is -0.302. The SMILES string of the molecule is CCCNC(=O)[C@@H]1CC(=O)N(c2ccc(Cl)c(Cl)c2)C1. The van der Waals surface area contributed by atoms with Crippen molar-refractivity contribution < 1.29 is 9.59 Å². The van der Waals surface area contributed by atoms with Crippen LogP contribution in [0.25, 0.3) is 0 Å². The van der Waals surface area contributed by atoms with Crippen molar-refractivity contribution in [3.8, 4) is 0 Å². The number of nitrogens with zero attached hydrogens (tertiary/aromatic N) is 1. The van der Waals surface area contributed by atoms with Crippen LogP contribution in [-0.2, 0) is 9.59 Å². The van der Waals surface area contributed by atoms with Gasteiger partial charge in [-0.1, -0.05) is 30.1 Å². The monoisotopic (exact) mass is 314 g/mol. The summed E-state index contributed by atoms with van der Waals surface area (Å²) in [5, 5.41) is 3.67. The molecule has 0 spiro atoms. The lowest BCUT2D eigenvalue weighted by atomic mass is 10.1. The van der Waals surface area contributed by atoms with E-state index >= 15 is 0 Å². The summed E-state index contributed by atoms with van der Waals surface area (Å²) in [6.45, 7) is 3.00. The minimum Gasteiger partial charge on any atom is -0.356 e. The molecule has 0 saturated carbocycles. The van der Waals surface area contributed by atoms with Gasteiger partial charge in [-0.15, -0.1) is 0 Å². The molecule has 1 aromatic carbocycles. The number of carbonyl (C=O) groups is 2. The lowest BCUT2D eigenvalue weighted by molar-refractivity contribution is -0.126. The van der Waals surface area contributed by atoms with E-state index in [0.29, 0.717) is 28.8 Å². The average molecular weight is 315 g/mol. The second-order valence-electron chi connectivity index (χ2n) is 4.79. The van der Waals surface area contributed by atoms with Gasteiger partial charge in [0.25, 0.3) is 0 Å². The van der Waals surface area contributed by atoms with E-state index in [1.54, 1.807) is 23.1 Å². The molecule has 108 valence electrons. The smallest absolute Gasteiger partial charge is 0.227 e. The first-order chi connectivity index (χ1) is 9.52. The Morgan fingerprint density at radius 3 is 2.80 bits per heavy atom. The maximum atomic E-state index is 12.0. The summed E-state index contributed by atoms with van der Waals surface area (Å²) < 4.78 is 0. The highest BCUT2D eigenvalue weighted by molar-refractivity contribution is 6.42. The quantitative estimate of drug-likeness (QED) is 0.929. The number of anilines is 1. The van der Waals surface area contributed by atoms with E-state index in [1.165, 1.54) is 0 Å². The van der Waals surface area contributed by atoms with Gasteiger partial charge in [0.1, 0.15) is 0 Å². The molecule has 1 N–H and O–H groups in total. The van der Waals surface area contributed by atoms with Crippen molar-refractivity contribution in [3.05, 3.63) is 28.2 Å². The van der Waals surface area contributed by atoms with Gasteiger partial charge in [0.2, 0.25) is 11.8 Å². The summed E-state index contributed by atoms with van der Waals surface area (Å²) in [6, 6.07) is 5.03. The van der Waals surface area contributed by atoms with E-state index in [-0.39, 0.29) is 24.2 Å². The fourth-order valence-corrected chi connectivity index (χ4v) is 2.47. The molecule has 0 radical (unpaired) electrons. The van der Waals surface area contributed by atoms with Crippen LogP contribution >= 0.6 is 23.2 Å². The highest BCUT2D eigenvalue weighted by Crippen LogP contribution is 2.30. The summed E-state index contributed by atoms with van der Waals surface area (Å²) in [4.78, 5) is 25.5. The maximum Gasteiger partial charge on any atom is 0.227 e. The lowest BCUT2D eigenvalue weighted by Crippen LogP contribution is -2.33. The lowest BCUT2D eigenvalue weighted by Gasteiger charge is -2.17. The number of carbonyl (C=O) groups excluding carboxylic acids is 2. The Balaban J connectivity index is 2.09. The Morgan fingerprint density at radius 1 is 1.40 bits per heavy atom. The number of halogens is 2. The standard InChI is InChI=1S/C14H16Cl2N2O2/c1-2-5-17-14(20)9-6-13(19)18(8-9)10-3-4-11(15)12(16)7-10/h3-4,7,9H,2,5-6,8H2,1H3,(H,17,20)/t9-/m1/s1. The first kappa shape index (κ1) is 15.1. The molecule has 0 aliphatic carbocycles. The van der Waals surface area contributed by atoms with Gasteiger partial charge in [0, 0.05) is 25.2 Å². The fraction of sp³-hybridized carbons (Fsp3) is 0.429. The first-order valence-electron chi connectivity index (χ1n) is 6.56. The summed E-state index contributed by atoms with van der Waals surface area (Å²) in [5.74, 6) is -0.439. The van der Waals surface area contributed by atoms with Crippen LogP contribution in [0.1, 0.15) is 19.8 Å². The maximum absolute atomic E-state index is 12.0. The van der Waals surface area contributed by atoms with Gasteiger partial charge >= 0.3 is 0 Å². The zero-order valence-electron chi connectivity index (χ0n) is 11.2. The molecule has 1 heterocycles.